The predicted molar refractivity (Wildman–Crippen MR) is 127 cm³/mol. The summed E-state index contributed by atoms with van der Waals surface area (Å²) in [5.41, 5.74) is 0.0524. The van der Waals surface area contributed by atoms with Crippen LogP contribution in [0.5, 0.6) is 0 Å². The molecule has 0 atom stereocenters. The van der Waals surface area contributed by atoms with Crippen molar-refractivity contribution in [1.82, 2.24) is 13.7 Å². The lowest BCUT2D eigenvalue weighted by Crippen LogP contribution is -2.41. The molecule has 1 fully saturated rings. The maximum Gasteiger partial charge on any atom is 0.337 e. The Balaban J connectivity index is 1.88. The van der Waals surface area contributed by atoms with Crippen LogP contribution in [0.3, 0.4) is 0 Å². The summed E-state index contributed by atoms with van der Waals surface area (Å²) < 4.78 is 18.6. The monoisotopic (exact) mass is 444 g/mol. The first-order valence-electron chi connectivity index (χ1n) is 10.6. The van der Waals surface area contributed by atoms with Crippen LogP contribution < -0.4 is 22.1 Å². The standard InChI is InChI=1S/C25H21FN4O3/c1-3-15-9-12-19(18(26)13-15)27-20-14-21(31)28(2)23-22(20)24(32)30(17-10-11-17)25(33)29(23)16-7-5-4-6-8-16/h3-9,12-14,17,27H,1,10-11H2,2H3. The van der Waals surface area contributed by atoms with Crippen LogP contribution in [0.2, 0.25) is 0 Å². The van der Waals surface area contributed by atoms with E-state index in [1.165, 1.54) is 45.0 Å². The summed E-state index contributed by atoms with van der Waals surface area (Å²) in [5.74, 6) is -0.555. The van der Waals surface area contributed by atoms with Gasteiger partial charge in [0.2, 0.25) is 0 Å². The first kappa shape index (κ1) is 20.7. The van der Waals surface area contributed by atoms with Gasteiger partial charge in [-0.2, -0.15) is 0 Å². The minimum Gasteiger partial charge on any atom is -0.352 e. The van der Waals surface area contributed by atoms with E-state index in [1.807, 2.05) is 6.07 Å². The molecule has 0 radical (unpaired) electrons. The van der Waals surface area contributed by atoms with Crippen LogP contribution in [0.4, 0.5) is 15.8 Å². The van der Waals surface area contributed by atoms with E-state index >= 15 is 0 Å². The molecular weight excluding hydrogens is 423 g/mol. The third-order valence-corrected chi connectivity index (χ3v) is 5.88. The molecule has 7 nitrogen and oxygen atoms in total. The van der Waals surface area contributed by atoms with E-state index in [0.29, 0.717) is 11.3 Å². The molecule has 5 rings (SSSR count). The molecule has 0 amide bonds. The molecule has 0 spiro atoms. The first-order chi connectivity index (χ1) is 15.9. The number of halogens is 1. The van der Waals surface area contributed by atoms with Crippen LogP contribution in [0, 0.1) is 5.82 Å². The highest BCUT2D eigenvalue weighted by Gasteiger charge is 2.31. The van der Waals surface area contributed by atoms with E-state index in [2.05, 4.69) is 11.9 Å². The number of anilines is 2. The van der Waals surface area contributed by atoms with Crippen molar-refractivity contribution in [2.24, 2.45) is 7.05 Å². The molecule has 0 bridgehead atoms. The summed E-state index contributed by atoms with van der Waals surface area (Å²) >= 11 is 0. The SMILES string of the molecule is C=Cc1ccc(Nc2cc(=O)n(C)c3c2c(=O)n(C2CC2)c(=O)n3-c2ccccc2)c(F)c1. The minimum atomic E-state index is -0.555. The zero-order chi connectivity index (χ0) is 23.3. The van der Waals surface area contributed by atoms with E-state index in [1.54, 1.807) is 30.3 Å². The van der Waals surface area contributed by atoms with Gasteiger partial charge in [-0.15, -0.1) is 0 Å². The van der Waals surface area contributed by atoms with Gasteiger partial charge in [-0.1, -0.05) is 36.9 Å². The number of rotatable bonds is 5. The van der Waals surface area contributed by atoms with Crippen LogP contribution in [0.15, 0.2) is 75.6 Å². The molecule has 0 unspecified atom stereocenters. The largest absolute Gasteiger partial charge is 0.352 e. The van der Waals surface area contributed by atoms with Crippen molar-refractivity contribution >= 4 is 28.5 Å². The molecule has 2 aromatic heterocycles. The molecule has 0 saturated heterocycles. The maximum atomic E-state index is 14.7. The Morgan fingerprint density at radius 3 is 2.39 bits per heavy atom. The first-order valence-corrected chi connectivity index (χ1v) is 10.6. The van der Waals surface area contributed by atoms with Gasteiger partial charge in [0.15, 0.2) is 0 Å². The molecule has 0 aliphatic heterocycles. The second-order valence-corrected chi connectivity index (χ2v) is 8.08. The summed E-state index contributed by atoms with van der Waals surface area (Å²) in [7, 11) is 1.51. The zero-order valence-electron chi connectivity index (χ0n) is 17.9. The van der Waals surface area contributed by atoms with Gasteiger partial charge < -0.3 is 5.32 Å². The number of hydrogen-bond acceptors (Lipinski definition) is 4. The quantitative estimate of drug-likeness (QED) is 0.509. The average molecular weight is 444 g/mol. The van der Waals surface area contributed by atoms with Crippen molar-refractivity contribution in [2.45, 2.75) is 18.9 Å². The van der Waals surface area contributed by atoms with E-state index in [-0.39, 0.29) is 28.5 Å². The van der Waals surface area contributed by atoms with E-state index in [4.69, 9.17) is 0 Å². The highest BCUT2D eigenvalue weighted by molar-refractivity contribution is 5.91. The highest BCUT2D eigenvalue weighted by atomic mass is 19.1. The highest BCUT2D eigenvalue weighted by Crippen LogP contribution is 2.33. The Morgan fingerprint density at radius 2 is 1.76 bits per heavy atom. The average Bonchev–Trinajstić information content (AvgIpc) is 3.64. The van der Waals surface area contributed by atoms with Crippen LogP contribution in [0.1, 0.15) is 24.4 Å². The van der Waals surface area contributed by atoms with Crippen molar-refractivity contribution in [3.63, 3.8) is 0 Å². The number of fused-ring (bicyclic) bond motifs is 1. The molecule has 8 heteroatoms. The minimum absolute atomic E-state index is 0.102. The van der Waals surface area contributed by atoms with Gasteiger partial charge >= 0.3 is 5.69 Å². The number of para-hydroxylation sites is 1. The van der Waals surface area contributed by atoms with Crippen LogP contribution >= 0.6 is 0 Å². The van der Waals surface area contributed by atoms with Crippen molar-refractivity contribution in [3.05, 3.63) is 104 Å². The maximum absolute atomic E-state index is 14.7. The smallest absolute Gasteiger partial charge is 0.337 e. The van der Waals surface area contributed by atoms with Crippen molar-refractivity contribution in [2.75, 3.05) is 5.32 Å². The van der Waals surface area contributed by atoms with Gasteiger partial charge in [0.25, 0.3) is 11.1 Å². The Kier molecular flexibility index (Phi) is 4.85. The second-order valence-electron chi connectivity index (χ2n) is 8.08. The number of nitrogens with one attached hydrogen (secondary N) is 1. The van der Waals surface area contributed by atoms with Crippen molar-refractivity contribution in [1.29, 1.82) is 0 Å². The molecule has 1 aliphatic carbocycles. The fourth-order valence-electron chi connectivity index (χ4n) is 4.03. The Bertz CT molecular complexity index is 1600. The van der Waals surface area contributed by atoms with Gasteiger partial charge in [0, 0.05) is 19.2 Å². The second kappa shape index (κ2) is 7.74. The molecule has 1 saturated carbocycles. The lowest BCUT2D eigenvalue weighted by atomic mass is 10.1. The Labute approximate surface area is 187 Å². The van der Waals surface area contributed by atoms with Crippen molar-refractivity contribution in [3.8, 4) is 5.69 Å². The fraction of sp³-hybridized carbons (Fsp3) is 0.160. The molecule has 166 valence electrons. The summed E-state index contributed by atoms with van der Waals surface area (Å²) in [4.78, 5) is 39.9. The Hall–Kier alpha value is -4.20. The van der Waals surface area contributed by atoms with Crippen LogP contribution in [-0.4, -0.2) is 13.7 Å². The third kappa shape index (κ3) is 3.40. The van der Waals surface area contributed by atoms with Crippen molar-refractivity contribution < 1.29 is 4.39 Å². The number of benzene rings is 2. The number of hydrogen-bond donors (Lipinski definition) is 1. The molecule has 4 aromatic rings. The fourth-order valence-corrected chi connectivity index (χ4v) is 4.03. The zero-order valence-corrected chi connectivity index (χ0v) is 17.9. The normalized spacial score (nSPS) is 13.3. The van der Waals surface area contributed by atoms with Gasteiger partial charge in [-0.3, -0.25) is 18.7 Å². The molecule has 2 heterocycles. The lowest BCUT2D eigenvalue weighted by molar-refractivity contribution is 0.631. The number of nitrogens with zero attached hydrogens (tertiary/aromatic N) is 3. The lowest BCUT2D eigenvalue weighted by Gasteiger charge is -2.19. The van der Waals surface area contributed by atoms with Gasteiger partial charge in [-0.25, -0.2) is 13.8 Å². The third-order valence-electron chi connectivity index (χ3n) is 5.88. The van der Waals surface area contributed by atoms with Gasteiger partial charge in [0.1, 0.15) is 16.9 Å². The van der Waals surface area contributed by atoms with E-state index < -0.39 is 22.6 Å². The van der Waals surface area contributed by atoms with E-state index in [9.17, 15) is 18.8 Å². The number of pyridine rings is 1. The molecule has 1 aliphatic rings. The predicted octanol–water partition coefficient (Wildman–Crippen LogP) is 3.71. The summed E-state index contributed by atoms with van der Waals surface area (Å²) in [6.07, 6.45) is 2.97. The number of aryl methyl sites for hydroxylation is 1. The number of aromatic nitrogens is 3. The molecular formula is C25H21FN4O3. The summed E-state index contributed by atoms with van der Waals surface area (Å²) in [6, 6.07) is 14.4. The molecule has 1 N–H and O–H groups in total. The van der Waals surface area contributed by atoms with E-state index in [0.717, 1.165) is 12.8 Å². The summed E-state index contributed by atoms with van der Waals surface area (Å²) in [5, 5.41) is 3.05. The van der Waals surface area contributed by atoms with Crippen LogP contribution in [-0.2, 0) is 7.05 Å². The Morgan fingerprint density at radius 1 is 1.03 bits per heavy atom. The van der Waals surface area contributed by atoms with Gasteiger partial charge in [0.05, 0.1) is 17.1 Å². The summed E-state index contributed by atoms with van der Waals surface area (Å²) in [6.45, 7) is 3.63. The molecule has 33 heavy (non-hydrogen) atoms. The molecule has 2 aromatic carbocycles. The van der Waals surface area contributed by atoms with Crippen LogP contribution in [0.25, 0.3) is 22.8 Å². The van der Waals surface area contributed by atoms with Gasteiger partial charge in [-0.05, 0) is 42.7 Å². The topological polar surface area (TPSA) is 78.0 Å².